The van der Waals surface area contributed by atoms with Crippen molar-refractivity contribution in [3.05, 3.63) is 24.3 Å². The van der Waals surface area contributed by atoms with Crippen LogP contribution in [0.2, 0.25) is 0 Å². The molecule has 8 heteroatoms. The summed E-state index contributed by atoms with van der Waals surface area (Å²) in [7, 11) is -4.43. The van der Waals surface area contributed by atoms with Crippen molar-refractivity contribution >= 4 is 16.0 Å². The highest BCUT2D eigenvalue weighted by Gasteiger charge is 2.27. The number of hydrogen-bond donors (Lipinski definition) is 4. The van der Waals surface area contributed by atoms with Crippen molar-refractivity contribution in [3.63, 3.8) is 0 Å². The predicted molar refractivity (Wildman–Crippen MR) is 158 cm³/mol. The van der Waals surface area contributed by atoms with E-state index in [1.807, 2.05) is 0 Å². The van der Waals surface area contributed by atoms with E-state index < -0.39 is 40.0 Å². The van der Waals surface area contributed by atoms with Crippen LogP contribution in [0.4, 0.5) is 0 Å². The lowest BCUT2D eigenvalue weighted by Gasteiger charge is -2.22. The van der Waals surface area contributed by atoms with Gasteiger partial charge in [0.2, 0.25) is 5.91 Å². The van der Waals surface area contributed by atoms with Crippen molar-refractivity contribution in [2.24, 2.45) is 0 Å². The first-order chi connectivity index (χ1) is 18.2. The van der Waals surface area contributed by atoms with Gasteiger partial charge in [-0.2, -0.15) is 8.42 Å². The van der Waals surface area contributed by atoms with Crippen LogP contribution in [0, 0.1) is 0 Å². The summed E-state index contributed by atoms with van der Waals surface area (Å²) in [6.45, 7) is 4.41. The first-order valence-electron chi connectivity index (χ1n) is 15.1. The van der Waals surface area contributed by atoms with Crippen molar-refractivity contribution in [3.8, 4) is 0 Å². The average molecular weight is 560 g/mol. The lowest BCUT2D eigenvalue weighted by atomic mass is 10.1. The van der Waals surface area contributed by atoms with Gasteiger partial charge in [-0.15, -0.1) is 0 Å². The summed E-state index contributed by atoms with van der Waals surface area (Å²) < 4.78 is 32.1. The maximum absolute atomic E-state index is 12.4. The molecule has 0 aromatic heterocycles. The Labute approximate surface area is 233 Å². The first-order valence-corrected chi connectivity index (χ1v) is 16.8. The van der Waals surface area contributed by atoms with E-state index in [1.165, 1.54) is 76.7 Å². The van der Waals surface area contributed by atoms with Crippen LogP contribution in [-0.4, -0.2) is 53.1 Å². The second-order valence-electron chi connectivity index (χ2n) is 10.5. The molecule has 38 heavy (non-hydrogen) atoms. The number of nitrogens with one attached hydrogen (secondary N) is 1. The molecule has 0 fully saturated rings. The zero-order chi connectivity index (χ0) is 28.5. The molecule has 0 bridgehead atoms. The van der Waals surface area contributed by atoms with Gasteiger partial charge >= 0.3 is 0 Å². The van der Waals surface area contributed by atoms with E-state index in [-0.39, 0.29) is 6.42 Å². The Balaban J connectivity index is 4.30. The number of aliphatic hydroxyl groups is 2. The molecule has 0 aromatic rings. The maximum Gasteiger partial charge on any atom is 0.267 e. The fourth-order valence-corrected chi connectivity index (χ4v) is 5.06. The summed E-state index contributed by atoms with van der Waals surface area (Å²) in [5.41, 5.74) is 0. The Morgan fingerprint density at radius 1 is 0.711 bits per heavy atom. The second kappa shape index (κ2) is 24.8. The largest absolute Gasteiger partial charge is 0.387 e. The summed E-state index contributed by atoms with van der Waals surface area (Å²) in [6.07, 6.45) is 25.3. The van der Waals surface area contributed by atoms with E-state index in [4.69, 9.17) is 0 Å². The summed E-state index contributed by atoms with van der Waals surface area (Å²) in [5.74, 6) is -1.56. The summed E-state index contributed by atoms with van der Waals surface area (Å²) in [5, 5.41) is 23.0. The van der Waals surface area contributed by atoms with E-state index in [9.17, 15) is 28.0 Å². The van der Waals surface area contributed by atoms with Gasteiger partial charge in [0, 0.05) is 0 Å². The first kappa shape index (κ1) is 36.8. The van der Waals surface area contributed by atoms with Gasteiger partial charge in [-0.3, -0.25) is 9.35 Å². The van der Waals surface area contributed by atoms with Gasteiger partial charge < -0.3 is 15.5 Å². The van der Waals surface area contributed by atoms with E-state index in [0.717, 1.165) is 38.5 Å². The zero-order valence-corrected chi connectivity index (χ0v) is 25.0. The maximum atomic E-state index is 12.4. The highest BCUT2D eigenvalue weighted by Crippen LogP contribution is 2.11. The highest BCUT2D eigenvalue weighted by atomic mass is 32.2. The van der Waals surface area contributed by atoms with Crippen molar-refractivity contribution in [1.82, 2.24) is 5.32 Å². The van der Waals surface area contributed by atoms with Crippen LogP contribution < -0.4 is 5.32 Å². The van der Waals surface area contributed by atoms with E-state index >= 15 is 0 Å². The summed E-state index contributed by atoms with van der Waals surface area (Å²) in [6, 6.07) is -1.23. The number of amides is 1. The topological polar surface area (TPSA) is 124 Å². The number of hydrogen-bond acceptors (Lipinski definition) is 5. The summed E-state index contributed by atoms with van der Waals surface area (Å²) >= 11 is 0. The lowest BCUT2D eigenvalue weighted by Crippen LogP contribution is -2.50. The molecule has 0 aliphatic heterocycles. The molecule has 0 aliphatic carbocycles. The number of carbonyl (C=O) groups is 1. The SMILES string of the molecule is CCCCCCCC/C=C\CCCCC(O)C(=O)NC(CS(=O)(=O)O)C(O)/C=C/CCCCCCCCC. The molecule has 4 N–H and O–H groups in total. The van der Waals surface area contributed by atoms with Crippen molar-refractivity contribution in [2.45, 2.75) is 154 Å². The van der Waals surface area contributed by atoms with Crippen LogP contribution >= 0.6 is 0 Å². The zero-order valence-electron chi connectivity index (χ0n) is 24.2. The predicted octanol–water partition coefficient (Wildman–Crippen LogP) is 6.64. The van der Waals surface area contributed by atoms with Gasteiger partial charge in [0.05, 0.1) is 17.9 Å². The van der Waals surface area contributed by atoms with Gasteiger partial charge in [-0.1, -0.05) is 115 Å². The molecule has 7 nitrogen and oxygen atoms in total. The molecule has 0 heterocycles. The second-order valence-corrected chi connectivity index (χ2v) is 12.0. The standard InChI is InChI=1S/C30H57NO6S/c1-3-5-7-9-11-13-14-15-17-19-21-23-25-29(33)30(34)31-27(26-38(35,36)37)28(32)24-22-20-18-16-12-10-8-6-4-2/h15,17,22,24,27-29,32-33H,3-14,16,18-21,23,25-26H2,1-2H3,(H,31,34)(H,35,36,37)/b17-15-,24-22+. The number of rotatable bonds is 26. The molecular weight excluding hydrogens is 502 g/mol. The fraction of sp³-hybridized carbons (Fsp3) is 0.833. The van der Waals surface area contributed by atoms with Crippen LogP contribution in [0.1, 0.15) is 136 Å². The van der Waals surface area contributed by atoms with Crippen LogP contribution in [-0.2, 0) is 14.9 Å². The Bertz CT molecular complexity index is 722. The molecule has 3 atom stereocenters. The highest BCUT2D eigenvalue weighted by molar-refractivity contribution is 7.85. The number of aliphatic hydroxyl groups excluding tert-OH is 2. The van der Waals surface area contributed by atoms with Crippen LogP contribution in [0.25, 0.3) is 0 Å². The minimum absolute atomic E-state index is 0.250. The molecule has 0 radical (unpaired) electrons. The molecule has 0 saturated carbocycles. The van der Waals surface area contributed by atoms with Crippen LogP contribution in [0.3, 0.4) is 0 Å². The molecule has 0 saturated heterocycles. The smallest absolute Gasteiger partial charge is 0.267 e. The third-order valence-corrected chi connectivity index (χ3v) is 7.51. The molecule has 0 spiro atoms. The number of carbonyl (C=O) groups excluding carboxylic acids is 1. The third kappa shape index (κ3) is 23.9. The minimum atomic E-state index is -4.43. The van der Waals surface area contributed by atoms with Gasteiger partial charge in [0.25, 0.3) is 10.1 Å². The molecular formula is C30H57NO6S. The normalized spacial score (nSPS) is 14.8. The van der Waals surface area contributed by atoms with Crippen molar-refractivity contribution < 1.29 is 28.0 Å². The summed E-state index contributed by atoms with van der Waals surface area (Å²) in [4.78, 5) is 12.4. The van der Waals surface area contributed by atoms with Gasteiger partial charge in [0.15, 0.2) is 0 Å². The molecule has 224 valence electrons. The fourth-order valence-electron chi connectivity index (χ4n) is 4.33. The van der Waals surface area contributed by atoms with Gasteiger partial charge in [-0.25, -0.2) is 0 Å². The third-order valence-electron chi connectivity index (χ3n) is 6.73. The van der Waals surface area contributed by atoms with Crippen molar-refractivity contribution in [1.29, 1.82) is 0 Å². The molecule has 0 aromatic carbocycles. The van der Waals surface area contributed by atoms with E-state index in [2.05, 4.69) is 31.3 Å². The Kier molecular flexibility index (Phi) is 24.0. The monoisotopic (exact) mass is 559 g/mol. The molecule has 0 rings (SSSR count). The Hall–Kier alpha value is -1.22. The van der Waals surface area contributed by atoms with Crippen molar-refractivity contribution in [2.75, 3.05) is 5.75 Å². The Morgan fingerprint density at radius 3 is 1.66 bits per heavy atom. The van der Waals surface area contributed by atoms with Crippen LogP contribution in [0.15, 0.2) is 24.3 Å². The van der Waals surface area contributed by atoms with E-state index in [0.29, 0.717) is 6.42 Å². The Morgan fingerprint density at radius 2 is 1.16 bits per heavy atom. The average Bonchev–Trinajstić information content (AvgIpc) is 2.86. The lowest BCUT2D eigenvalue weighted by molar-refractivity contribution is -0.130. The molecule has 3 unspecified atom stereocenters. The minimum Gasteiger partial charge on any atom is -0.387 e. The number of allylic oxidation sites excluding steroid dienone is 3. The van der Waals surface area contributed by atoms with Gasteiger partial charge in [0.1, 0.15) is 6.10 Å². The quantitative estimate of drug-likeness (QED) is 0.0535. The van der Waals surface area contributed by atoms with Gasteiger partial charge in [-0.05, 0) is 44.9 Å². The number of unbranched alkanes of at least 4 members (excludes halogenated alkanes) is 15. The van der Waals surface area contributed by atoms with Crippen LogP contribution in [0.5, 0.6) is 0 Å². The molecule has 0 aliphatic rings. The van der Waals surface area contributed by atoms with E-state index in [1.54, 1.807) is 6.08 Å². The molecule has 1 amide bonds.